The molecular formula is C25H25N3O7S. The summed E-state index contributed by atoms with van der Waals surface area (Å²) in [6.07, 6.45) is -2.53. The smallest absolute Gasteiger partial charge is 0.412 e. The quantitative estimate of drug-likeness (QED) is 0.464. The van der Waals surface area contributed by atoms with Gasteiger partial charge in [-0.1, -0.05) is 36.4 Å². The van der Waals surface area contributed by atoms with Crippen LogP contribution in [0.4, 0.5) is 16.2 Å². The fourth-order valence-electron chi connectivity index (χ4n) is 4.47. The lowest BCUT2D eigenvalue weighted by Gasteiger charge is -2.18. The molecule has 2 amide bonds. The van der Waals surface area contributed by atoms with Crippen LogP contribution in [0.1, 0.15) is 6.92 Å². The minimum atomic E-state index is -3.87. The second-order valence-corrected chi connectivity index (χ2v) is 10.3. The van der Waals surface area contributed by atoms with E-state index >= 15 is 0 Å². The van der Waals surface area contributed by atoms with Gasteiger partial charge >= 0.3 is 6.09 Å². The van der Waals surface area contributed by atoms with E-state index < -0.39 is 40.5 Å². The molecule has 0 aromatic heterocycles. The lowest BCUT2D eigenvalue weighted by molar-refractivity contribution is -0.114. The molecule has 3 N–H and O–H groups in total. The van der Waals surface area contributed by atoms with Crippen LogP contribution < -0.4 is 15.4 Å². The Morgan fingerprint density at radius 1 is 0.889 bits per heavy atom. The molecule has 2 aliphatic rings. The Morgan fingerprint density at radius 2 is 1.61 bits per heavy atom. The van der Waals surface area contributed by atoms with Gasteiger partial charge in [0.05, 0.1) is 29.8 Å². The van der Waals surface area contributed by atoms with Crippen LogP contribution in [0.15, 0.2) is 71.6 Å². The summed E-state index contributed by atoms with van der Waals surface area (Å²) in [7, 11) is -3.87. The van der Waals surface area contributed by atoms with Gasteiger partial charge in [0.25, 0.3) is 0 Å². The lowest BCUT2D eigenvalue weighted by atomic mass is 10.1. The molecule has 36 heavy (non-hydrogen) atoms. The summed E-state index contributed by atoms with van der Waals surface area (Å²) in [5.41, 5.74) is 1.11. The Morgan fingerprint density at radius 3 is 2.39 bits per heavy atom. The van der Waals surface area contributed by atoms with E-state index in [2.05, 4.69) is 15.4 Å². The van der Waals surface area contributed by atoms with E-state index in [-0.39, 0.29) is 24.0 Å². The number of fused-ring (bicyclic) bond motifs is 2. The summed E-state index contributed by atoms with van der Waals surface area (Å²) >= 11 is 0. The largest absolute Gasteiger partial charge is 0.441 e. The first-order chi connectivity index (χ1) is 17.3. The lowest BCUT2D eigenvalue weighted by Crippen LogP contribution is -2.44. The van der Waals surface area contributed by atoms with Gasteiger partial charge in [-0.25, -0.2) is 17.9 Å². The number of rotatable bonds is 6. The molecule has 4 atom stereocenters. The number of carbonyl (C=O) groups is 2. The highest BCUT2D eigenvalue weighted by molar-refractivity contribution is 7.89. The van der Waals surface area contributed by atoms with Crippen molar-refractivity contribution in [2.45, 2.75) is 36.2 Å². The van der Waals surface area contributed by atoms with Crippen LogP contribution in [0.3, 0.4) is 0 Å². The van der Waals surface area contributed by atoms with Gasteiger partial charge < -0.3 is 19.5 Å². The van der Waals surface area contributed by atoms with Crippen LogP contribution in [0, 0.1) is 0 Å². The first-order valence-electron chi connectivity index (χ1n) is 11.4. The van der Waals surface area contributed by atoms with Gasteiger partial charge in [0.15, 0.2) is 6.10 Å². The fraction of sp³-hybridized carbons (Fsp3) is 0.280. The van der Waals surface area contributed by atoms with Gasteiger partial charge in [-0.05, 0) is 35.7 Å². The van der Waals surface area contributed by atoms with Crippen LogP contribution in [0.5, 0.6) is 0 Å². The number of anilines is 2. The number of carbonyl (C=O) groups excluding carboxylic acids is 2. The minimum absolute atomic E-state index is 0.0420. The Labute approximate surface area is 208 Å². The summed E-state index contributed by atoms with van der Waals surface area (Å²) in [6, 6.07) is 18.4. The van der Waals surface area contributed by atoms with Crippen LogP contribution in [-0.2, 0) is 29.0 Å². The molecule has 4 unspecified atom stereocenters. The SMILES string of the molecule is CC(=O)Nc1ccc(S(=O)(=O)NC2COC3C(OC(=O)Nc4cccc5ccccc45)COC23)cc1. The second-order valence-electron chi connectivity index (χ2n) is 8.62. The van der Waals surface area contributed by atoms with Crippen molar-refractivity contribution in [3.63, 3.8) is 0 Å². The van der Waals surface area contributed by atoms with Crippen molar-refractivity contribution in [2.24, 2.45) is 0 Å². The molecule has 0 bridgehead atoms. The third-order valence-electron chi connectivity index (χ3n) is 6.08. The highest BCUT2D eigenvalue weighted by Crippen LogP contribution is 2.31. The zero-order chi connectivity index (χ0) is 25.3. The number of sulfonamides is 1. The molecule has 2 heterocycles. The van der Waals surface area contributed by atoms with E-state index in [9.17, 15) is 18.0 Å². The number of nitrogens with one attached hydrogen (secondary N) is 3. The molecule has 2 aliphatic heterocycles. The third-order valence-corrected chi connectivity index (χ3v) is 7.59. The van der Waals surface area contributed by atoms with Gasteiger partial charge in [-0.3, -0.25) is 10.1 Å². The molecule has 0 spiro atoms. The van der Waals surface area contributed by atoms with Gasteiger partial charge in [-0.2, -0.15) is 0 Å². The molecule has 11 heteroatoms. The molecule has 2 saturated heterocycles. The zero-order valence-corrected chi connectivity index (χ0v) is 20.2. The molecular weight excluding hydrogens is 486 g/mol. The van der Waals surface area contributed by atoms with Gasteiger partial charge in [0.1, 0.15) is 12.2 Å². The van der Waals surface area contributed by atoms with E-state index in [1.165, 1.54) is 31.2 Å². The van der Waals surface area contributed by atoms with Crippen molar-refractivity contribution in [1.29, 1.82) is 0 Å². The standard InChI is InChI=1S/C25H25N3O7S/c1-15(29)26-17-9-11-18(12-10-17)36(31,32)28-21-13-33-24-22(14-34-23(21)24)35-25(30)27-20-8-4-6-16-5-2-3-7-19(16)20/h2-12,21-24,28H,13-14H2,1H3,(H,26,29)(H,27,30). The number of hydrogen-bond acceptors (Lipinski definition) is 7. The van der Waals surface area contributed by atoms with E-state index in [1.54, 1.807) is 6.07 Å². The average Bonchev–Trinajstić information content (AvgIpc) is 3.42. The van der Waals surface area contributed by atoms with E-state index in [4.69, 9.17) is 14.2 Å². The monoisotopic (exact) mass is 511 g/mol. The predicted octanol–water partition coefficient (Wildman–Crippen LogP) is 2.86. The Kier molecular flexibility index (Phi) is 6.63. The third kappa shape index (κ3) is 5.05. The van der Waals surface area contributed by atoms with Gasteiger partial charge in [-0.15, -0.1) is 0 Å². The minimum Gasteiger partial charge on any atom is -0.441 e. The molecule has 3 aromatic rings. The van der Waals surface area contributed by atoms with Crippen molar-refractivity contribution >= 4 is 44.2 Å². The molecule has 3 aromatic carbocycles. The topological polar surface area (TPSA) is 132 Å². The molecule has 2 fully saturated rings. The summed E-state index contributed by atoms with van der Waals surface area (Å²) in [4.78, 5) is 23.8. The normalized spacial score (nSPS) is 23.2. The maximum atomic E-state index is 12.9. The summed E-state index contributed by atoms with van der Waals surface area (Å²) < 4.78 is 45.5. The Hall–Kier alpha value is -3.51. The van der Waals surface area contributed by atoms with Crippen molar-refractivity contribution in [3.05, 3.63) is 66.7 Å². The summed E-state index contributed by atoms with van der Waals surface area (Å²) in [5, 5.41) is 7.23. The molecule has 5 rings (SSSR count). The van der Waals surface area contributed by atoms with Gasteiger partial charge in [0.2, 0.25) is 15.9 Å². The average molecular weight is 512 g/mol. The number of amides is 2. The van der Waals surface area contributed by atoms with Crippen LogP contribution in [0.25, 0.3) is 10.8 Å². The van der Waals surface area contributed by atoms with Gasteiger partial charge in [0, 0.05) is 18.0 Å². The summed E-state index contributed by atoms with van der Waals surface area (Å²) in [5.74, 6) is -0.251. The maximum Gasteiger partial charge on any atom is 0.412 e. The summed E-state index contributed by atoms with van der Waals surface area (Å²) in [6.45, 7) is 1.53. The second kappa shape index (κ2) is 9.86. The number of benzene rings is 3. The first kappa shape index (κ1) is 24.2. The molecule has 10 nitrogen and oxygen atoms in total. The number of ether oxygens (including phenoxy) is 3. The van der Waals surface area contributed by atoms with Crippen molar-refractivity contribution < 1.29 is 32.2 Å². The van der Waals surface area contributed by atoms with Crippen LogP contribution >= 0.6 is 0 Å². The first-order valence-corrected chi connectivity index (χ1v) is 12.9. The predicted molar refractivity (Wildman–Crippen MR) is 132 cm³/mol. The Balaban J connectivity index is 1.20. The maximum absolute atomic E-state index is 12.9. The van der Waals surface area contributed by atoms with E-state index in [0.717, 1.165) is 10.8 Å². The fourth-order valence-corrected chi connectivity index (χ4v) is 5.70. The Bertz CT molecular complexity index is 1390. The molecule has 0 aliphatic carbocycles. The molecule has 0 saturated carbocycles. The van der Waals surface area contributed by atoms with Crippen LogP contribution in [-0.4, -0.2) is 58.0 Å². The van der Waals surface area contributed by atoms with Crippen LogP contribution in [0.2, 0.25) is 0 Å². The highest BCUT2D eigenvalue weighted by Gasteiger charge is 2.50. The van der Waals surface area contributed by atoms with Crippen molar-refractivity contribution in [1.82, 2.24) is 4.72 Å². The molecule has 0 radical (unpaired) electrons. The van der Waals surface area contributed by atoms with Crippen molar-refractivity contribution in [3.8, 4) is 0 Å². The van der Waals surface area contributed by atoms with E-state index in [1.807, 2.05) is 36.4 Å². The molecule has 188 valence electrons. The number of hydrogen-bond donors (Lipinski definition) is 3. The zero-order valence-electron chi connectivity index (χ0n) is 19.3. The highest BCUT2D eigenvalue weighted by atomic mass is 32.2. The van der Waals surface area contributed by atoms with Crippen molar-refractivity contribution in [2.75, 3.05) is 23.8 Å². The van der Waals surface area contributed by atoms with E-state index in [0.29, 0.717) is 11.4 Å².